The molecule has 3 amide bonds. The second-order valence-corrected chi connectivity index (χ2v) is 8.83. The number of likely N-dealkylation sites (N-methyl/N-ethyl adjacent to an activating group) is 1. The van der Waals surface area contributed by atoms with Crippen LogP contribution in [0.5, 0.6) is 0 Å². The summed E-state index contributed by atoms with van der Waals surface area (Å²) >= 11 is 0. The first-order chi connectivity index (χ1) is 15.3. The number of nitrogens with one attached hydrogen (secondary N) is 2. The number of halogens is 1. The molecule has 170 valence electrons. The van der Waals surface area contributed by atoms with Crippen molar-refractivity contribution in [3.8, 4) is 0 Å². The maximum atomic E-state index is 13.1. The number of nitrogens with zero attached hydrogens (tertiary/aromatic N) is 3. The van der Waals surface area contributed by atoms with Crippen molar-refractivity contribution in [2.45, 2.75) is 63.7 Å². The van der Waals surface area contributed by atoms with Crippen LogP contribution in [0.25, 0.3) is 0 Å². The number of rotatable bonds is 5. The molecule has 9 heteroatoms. The van der Waals surface area contributed by atoms with Crippen LogP contribution in [0.1, 0.15) is 65.6 Å². The molecular formula is C23H28FN5O3. The van der Waals surface area contributed by atoms with Gasteiger partial charge < -0.3 is 15.5 Å². The van der Waals surface area contributed by atoms with Crippen LogP contribution in [0.2, 0.25) is 0 Å². The zero-order valence-corrected chi connectivity index (χ0v) is 18.4. The van der Waals surface area contributed by atoms with E-state index in [1.165, 1.54) is 34.2 Å². The molecule has 0 saturated heterocycles. The Bertz CT molecular complexity index is 1030. The molecule has 1 fully saturated rings. The van der Waals surface area contributed by atoms with Gasteiger partial charge in [0.15, 0.2) is 5.69 Å². The van der Waals surface area contributed by atoms with Crippen molar-refractivity contribution in [3.63, 3.8) is 0 Å². The predicted octanol–water partition coefficient (Wildman–Crippen LogP) is 2.25. The average molecular weight is 442 g/mol. The molecule has 1 aromatic carbocycles. The largest absolute Gasteiger partial charge is 0.351 e. The van der Waals surface area contributed by atoms with Crippen molar-refractivity contribution in [2.24, 2.45) is 0 Å². The summed E-state index contributed by atoms with van der Waals surface area (Å²) in [7, 11) is 1.60. The molecule has 1 saturated carbocycles. The summed E-state index contributed by atoms with van der Waals surface area (Å²) in [5, 5.41) is 10.1. The normalized spacial score (nSPS) is 21.2. The van der Waals surface area contributed by atoms with Crippen LogP contribution in [-0.4, -0.2) is 51.0 Å². The lowest BCUT2D eigenvalue weighted by atomic mass is 9.92. The summed E-state index contributed by atoms with van der Waals surface area (Å²) in [6.07, 6.45) is 5.27. The monoisotopic (exact) mass is 441 g/mol. The minimum absolute atomic E-state index is 0.0980. The number of hydrogen-bond donors (Lipinski definition) is 2. The molecule has 2 aliphatic rings. The molecule has 32 heavy (non-hydrogen) atoms. The van der Waals surface area contributed by atoms with Crippen LogP contribution >= 0.6 is 0 Å². The van der Waals surface area contributed by atoms with Gasteiger partial charge in [-0.1, -0.05) is 31.4 Å². The number of hydrogen-bond acceptors (Lipinski definition) is 4. The van der Waals surface area contributed by atoms with Crippen LogP contribution in [0.4, 0.5) is 4.39 Å². The number of carbonyl (C=O) groups excluding carboxylic acids is 3. The molecule has 0 bridgehead atoms. The Morgan fingerprint density at radius 1 is 1.19 bits per heavy atom. The fourth-order valence-electron chi connectivity index (χ4n) is 4.30. The van der Waals surface area contributed by atoms with Crippen molar-refractivity contribution < 1.29 is 18.8 Å². The highest BCUT2D eigenvalue weighted by atomic mass is 19.1. The number of fused-ring (bicyclic) bond motifs is 1. The SMILES string of the molecule is CN1C(=O)c2cc(C(=O)NCc3ccc(F)cc3)nn2CC1(C)C(=O)NC1CCCCC1. The predicted molar refractivity (Wildman–Crippen MR) is 115 cm³/mol. The summed E-state index contributed by atoms with van der Waals surface area (Å²) in [6, 6.07) is 7.39. The standard InChI is InChI=1S/C23H28FN5O3/c1-23(22(32)26-17-6-4-3-5-7-17)14-29-19(21(31)28(23)2)12-18(27-29)20(30)25-13-15-8-10-16(24)11-9-15/h8-12,17H,3-7,13-14H2,1-2H3,(H,25,30)(H,26,32). The number of aromatic nitrogens is 2. The van der Waals surface area contributed by atoms with E-state index in [-0.39, 0.29) is 48.2 Å². The lowest BCUT2D eigenvalue weighted by molar-refractivity contribution is -0.133. The van der Waals surface area contributed by atoms with Gasteiger partial charge in [0.1, 0.15) is 17.1 Å². The van der Waals surface area contributed by atoms with Gasteiger partial charge >= 0.3 is 0 Å². The highest BCUT2D eigenvalue weighted by molar-refractivity contribution is 6.01. The molecule has 2 heterocycles. The molecule has 4 rings (SSSR count). The van der Waals surface area contributed by atoms with Crippen molar-refractivity contribution in [2.75, 3.05) is 7.05 Å². The van der Waals surface area contributed by atoms with E-state index in [0.717, 1.165) is 31.2 Å². The zero-order chi connectivity index (χ0) is 22.9. The van der Waals surface area contributed by atoms with E-state index in [2.05, 4.69) is 15.7 Å². The molecule has 0 spiro atoms. The molecule has 2 N–H and O–H groups in total. The Balaban J connectivity index is 1.47. The first kappa shape index (κ1) is 22.0. The van der Waals surface area contributed by atoms with E-state index in [1.807, 2.05) is 0 Å². The van der Waals surface area contributed by atoms with Crippen molar-refractivity contribution >= 4 is 17.7 Å². The molecule has 1 atom stereocenters. The third-order valence-corrected chi connectivity index (χ3v) is 6.53. The molecule has 1 aliphatic heterocycles. The molecule has 8 nitrogen and oxygen atoms in total. The number of carbonyl (C=O) groups is 3. The quantitative estimate of drug-likeness (QED) is 0.744. The fraction of sp³-hybridized carbons (Fsp3) is 0.478. The third kappa shape index (κ3) is 4.24. The van der Waals surface area contributed by atoms with E-state index in [1.54, 1.807) is 26.1 Å². The lowest BCUT2D eigenvalue weighted by Gasteiger charge is -2.41. The van der Waals surface area contributed by atoms with Crippen molar-refractivity contribution in [1.82, 2.24) is 25.3 Å². The summed E-state index contributed by atoms with van der Waals surface area (Å²) in [6.45, 7) is 2.09. The zero-order valence-electron chi connectivity index (χ0n) is 18.4. The first-order valence-corrected chi connectivity index (χ1v) is 11.0. The van der Waals surface area contributed by atoms with E-state index in [0.29, 0.717) is 0 Å². The van der Waals surface area contributed by atoms with Gasteiger partial charge in [0.25, 0.3) is 11.8 Å². The fourth-order valence-corrected chi connectivity index (χ4v) is 4.30. The van der Waals surface area contributed by atoms with E-state index in [9.17, 15) is 18.8 Å². The second-order valence-electron chi connectivity index (χ2n) is 8.83. The second kappa shape index (κ2) is 8.72. The van der Waals surface area contributed by atoms with Crippen LogP contribution in [0, 0.1) is 5.82 Å². The van der Waals surface area contributed by atoms with Gasteiger partial charge in [-0.25, -0.2) is 4.39 Å². The maximum absolute atomic E-state index is 13.1. The Labute approximate surface area is 186 Å². The molecule has 1 unspecified atom stereocenters. The van der Waals surface area contributed by atoms with Gasteiger partial charge in [-0.2, -0.15) is 5.10 Å². The Kier molecular flexibility index (Phi) is 5.99. The first-order valence-electron chi connectivity index (χ1n) is 11.0. The molecule has 0 radical (unpaired) electrons. The van der Waals surface area contributed by atoms with Gasteiger partial charge in [0, 0.05) is 25.7 Å². The maximum Gasteiger partial charge on any atom is 0.272 e. The number of benzene rings is 1. The van der Waals surface area contributed by atoms with Gasteiger partial charge in [0.2, 0.25) is 5.91 Å². The molecule has 1 aromatic heterocycles. The third-order valence-electron chi connectivity index (χ3n) is 6.53. The van der Waals surface area contributed by atoms with Crippen LogP contribution in [0.15, 0.2) is 30.3 Å². The van der Waals surface area contributed by atoms with Crippen LogP contribution < -0.4 is 10.6 Å². The molecule has 1 aliphatic carbocycles. The van der Waals surface area contributed by atoms with E-state index < -0.39 is 11.4 Å². The topological polar surface area (TPSA) is 96.3 Å². The van der Waals surface area contributed by atoms with Gasteiger partial charge in [0.05, 0.1) is 6.54 Å². The summed E-state index contributed by atoms with van der Waals surface area (Å²) in [4.78, 5) is 40.1. The Morgan fingerprint density at radius 3 is 2.56 bits per heavy atom. The van der Waals surface area contributed by atoms with Crippen LogP contribution in [-0.2, 0) is 17.9 Å². The summed E-state index contributed by atoms with van der Waals surface area (Å²) in [5.41, 5.74) is 0.00439. The van der Waals surface area contributed by atoms with Crippen LogP contribution in [0.3, 0.4) is 0 Å². The number of amides is 3. The van der Waals surface area contributed by atoms with Crippen molar-refractivity contribution in [1.29, 1.82) is 0 Å². The highest BCUT2D eigenvalue weighted by Crippen LogP contribution is 2.27. The minimum atomic E-state index is -1.10. The van der Waals surface area contributed by atoms with Gasteiger partial charge in [-0.15, -0.1) is 0 Å². The summed E-state index contributed by atoms with van der Waals surface area (Å²) < 4.78 is 14.5. The molecular weight excluding hydrogens is 413 g/mol. The summed E-state index contributed by atoms with van der Waals surface area (Å²) in [5.74, 6) is -1.36. The lowest BCUT2D eigenvalue weighted by Crippen LogP contribution is -2.63. The Hall–Kier alpha value is -3.23. The Morgan fingerprint density at radius 2 is 1.88 bits per heavy atom. The smallest absolute Gasteiger partial charge is 0.272 e. The average Bonchev–Trinajstić information content (AvgIpc) is 3.21. The molecule has 2 aromatic rings. The van der Waals surface area contributed by atoms with Gasteiger partial charge in [-0.05, 0) is 37.5 Å². The minimum Gasteiger partial charge on any atom is -0.351 e. The van der Waals surface area contributed by atoms with Gasteiger partial charge in [-0.3, -0.25) is 19.1 Å². The van der Waals surface area contributed by atoms with E-state index >= 15 is 0 Å². The highest BCUT2D eigenvalue weighted by Gasteiger charge is 2.46. The van der Waals surface area contributed by atoms with E-state index in [4.69, 9.17) is 0 Å². The van der Waals surface area contributed by atoms with Crippen molar-refractivity contribution in [3.05, 3.63) is 53.1 Å².